The van der Waals surface area contributed by atoms with Gasteiger partial charge in [0, 0.05) is 43.4 Å². The van der Waals surface area contributed by atoms with Gasteiger partial charge in [-0.05, 0) is 55.2 Å². The summed E-state index contributed by atoms with van der Waals surface area (Å²) >= 11 is 5.26. The minimum Gasteiger partial charge on any atom is -0.391 e. The maximum atomic E-state index is 9.18. The lowest BCUT2D eigenvalue weighted by Gasteiger charge is -2.23. The summed E-state index contributed by atoms with van der Waals surface area (Å²) in [5.74, 6) is 0. The molecular weight excluding hydrogens is 372 g/mol. The van der Waals surface area contributed by atoms with Gasteiger partial charge in [0.1, 0.15) is 0 Å². The molecule has 0 saturated carbocycles. The Morgan fingerprint density at radius 2 is 2.13 bits per heavy atom. The van der Waals surface area contributed by atoms with Crippen molar-refractivity contribution in [3.63, 3.8) is 0 Å². The highest BCUT2D eigenvalue weighted by molar-refractivity contribution is 9.10. The Morgan fingerprint density at radius 1 is 1.26 bits per heavy atom. The smallest absolute Gasteiger partial charge is 0.0774 e. The molecule has 0 fully saturated rings. The van der Waals surface area contributed by atoms with Gasteiger partial charge in [0.2, 0.25) is 0 Å². The average Bonchev–Trinajstić information content (AvgIpc) is 3.17. The Kier molecular flexibility index (Phi) is 4.28. The van der Waals surface area contributed by atoms with E-state index in [4.69, 9.17) is 0 Å². The van der Waals surface area contributed by atoms with Crippen LogP contribution in [0.2, 0.25) is 0 Å². The molecule has 2 heterocycles. The number of hydrogen-bond donors (Lipinski definition) is 3. The van der Waals surface area contributed by atoms with Crippen LogP contribution in [0.1, 0.15) is 39.9 Å². The van der Waals surface area contributed by atoms with Crippen LogP contribution in [0.4, 0.5) is 0 Å². The fourth-order valence-electron chi connectivity index (χ4n) is 3.47. The Balaban J connectivity index is 1.58. The number of aryl methyl sites for hydroxylation is 1. The van der Waals surface area contributed by atoms with E-state index >= 15 is 0 Å². The molecule has 0 radical (unpaired) electrons. The number of aromatic amines is 1. The second kappa shape index (κ2) is 6.40. The standard InChI is InChI=1S/C18H19BrN2OS/c19-11-4-7-16-15(8-11)14-2-1-3-17(18(14)21-16)20-9-12-5-6-13(10-22)23-12/h4-8,17,20-22H,1-3,9-10H2/t17-/m1/s1. The van der Waals surface area contributed by atoms with Gasteiger partial charge in [0.15, 0.2) is 0 Å². The minimum atomic E-state index is 0.134. The van der Waals surface area contributed by atoms with Gasteiger partial charge in [-0.3, -0.25) is 0 Å². The van der Waals surface area contributed by atoms with Crippen molar-refractivity contribution in [2.75, 3.05) is 0 Å². The number of nitrogens with one attached hydrogen (secondary N) is 2. The predicted molar refractivity (Wildman–Crippen MR) is 98.8 cm³/mol. The van der Waals surface area contributed by atoms with E-state index in [0.717, 1.165) is 22.3 Å². The van der Waals surface area contributed by atoms with Gasteiger partial charge in [0.05, 0.1) is 6.61 Å². The van der Waals surface area contributed by atoms with Gasteiger partial charge >= 0.3 is 0 Å². The second-order valence-corrected chi connectivity index (χ2v) is 8.23. The lowest BCUT2D eigenvalue weighted by Crippen LogP contribution is -2.24. The van der Waals surface area contributed by atoms with Gasteiger partial charge in [-0.1, -0.05) is 15.9 Å². The van der Waals surface area contributed by atoms with E-state index in [1.54, 1.807) is 11.3 Å². The number of halogens is 1. The number of rotatable bonds is 4. The van der Waals surface area contributed by atoms with Crippen molar-refractivity contribution < 1.29 is 5.11 Å². The Morgan fingerprint density at radius 3 is 2.96 bits per heavy atom. The van der Waals surface area contributed by atoms with Gasteiger partial charge in [-0.15, -0.1) is 11.3 Å². The van der Waals surface area contributed by atoms with Crippen molar-refractivity contribution in [3.05, 3.63) is 55.8 Å². The highest BCUT2D eigenvalue weighted by atomic mass is 79.9. The van der Waals surface area contributed by atoms with Crippen molar-refractivity contribution in [2.45, 2.75) is 38.5 Å². The fourth-order valence-corrected chi connectivity index (χ4v) is 4.66. The van der Waals surface area contributed by atoms with Crippen LogP contribution in [0.3, 0.4) is 0 Å². The Hall–Kier alpha value is -1.14. The van der Waals surface area contributed by atoms with Crippen molar-refractivity contribution in [1.29, 1.82) is 0 Å². The molecule has 0 aliphatic heterocycles. The van der Waals surface area contributed by atoms with E-state index in [-0.39, 0.29) is 6.61 Å². The molecule has 0 bridgehead atoms. The number of fused-ring (bicyclic) bond motifs is 3. The molecule has 1 atom stereocenters. The van der Waals surface area contributed by atoms with E-state index in [0.29, 0.717) is 6.04 Å². The van der Waals surface area contributed by atoms with Gasteiger partial charge < -0.3 is 15.4 Å². The van der Waals surface area contributed by atoms with Crippen LogP contribution >= 0.6 is 27.3 Å². The van der Waals surface area contributed by atoms with Crippen molar-refractivity contribution in [2.24, 2.45) is 0 Å². The van der Waals surface area contributed by atoms with Crippen molar-refractivity contribution in [1.82, 2.24) is 10.3 Å². The molecule has 23 heavy (non-hydrogen) atoms. The summed E-state index contributed by atoms with van der Waals surface area (Å²) in [7, 11) is 0. The van der Waals surface area contributed by atoms with Gasteiger partial charge in [-0.25, -0.2) is 0 Å². The van der Waals surface area contributed by atoms with E-state index in [2.05, 4.69) is 50.5 Å². The van der Waals surface area contributed by atoms with Gasteiger partial charge in [-0.2, -0.15) is 0 Å². The molecule has 0 unspecified atom stereocenters. The molecule has 0 amide bonds. The molecule has 1 aliphatic rings. The maximum Gasteiger partial charge on any atom is 0.0774 e. The summed E-state index contributed by atoms with van der Waals surface area (Å²) < 4.78 is 1.14. The first kappa shape index (κ1) is 15.4. The van der Waals surface area contributed by atoms with Crippen LogP contribution in [0.5, 0.6) is 0 Å². The quantitative estimate of drug-likeness (QED) is 0.606. The SMILES string of the molecule is OCc1ccc(CN[C@@H]2CCCc3c2[nH]c2ccc(Br)cc32)s1. The summed E-state index contributed by atoms with van der Waals surface area (Å²) in [6.07, 6.45) is 3.54. The number of thiophene rings is 1. The number of benzene rings is 1. The average molecular weight is 391 g/mol. The Bertz CT molecular complexity index is 839. The highest BCUT2D eigenvalue weighted by Gasteiger charge is 2.24. The first-order valence-electron chi connectivity index (χ1n) is 7.96. The summed E-state index contributed by atoms with van der Waals surface area (Å²) in [5.41, 5.74) is 4.04. The minimum absolute atomic E-state index is 0.134. The summed E-state index contributed by atoms with van der Waals surface area (Å²) in [6, 6.07) is 11.0. The molecule has 0 spiro atoms. The number of aliphatic hydroxyl groups is 1. The van der Waals surface area contributed by atoms with E-state index in [1.165, 1.54) is 39.9 Å². The number of aliphatic hydroxyl groups excluding tert-OH is 1. The maximum absolute atomic E-state index is 9.18. The molecule has 0 saturated heterocycles. The molecule has 3 nitrogen and oxygen atoms in total. The Labute approximate surface area is 147 Å². The molecule has 3 N–H and O–H groups in total. The molecule has 3 aromatic rings. The van der Waals surface area contributed by atoms with Crippen LogP contribution in [-0.4, -0.2) is 10.1 Å². The monoisotopic (exact) mass is 390 g/mol. The number of aromatic nitrogens is 1. The first-order chi connectivity index (χ1) is 11.2. The topological polar surface area (TPSA) is 48.0 Å². The molecule has 4 rings (SSSR count). The summed E-state index contributed by atoms with van der Waals surface area (Å²) in [5, 5.41) is 14.2. The third kappa shape index (κ3) is 2.98. The molecule has 1 aliphatic carbocycles. The van der Waals surface area contributed by atoms with Crippen LogP contribution in [-0.2, 0) is 19.6 Å². The second-order valence-electron chi connectivity index (χ2n) is 6.06. The number of hydrogen-bond acceptors (Lipinski definition) is 3. The van der Waals surface area contributed by atoms with Gasteiger partial charge in [0.25, 0.3) is 0 Å². The zero-order chi connectivity index (χ0) is 15.8. The van der Waals surface area contributed by atoms with Crippen LogP contribution in [0, 0.1) is 0 Å². The lowest BCUT2D eigenvalue weighted by atomic mass is 9.91. The first-order valence-corrected chi connectivity index (χ1v) is 9.57. The fraction of sp³-hybridized carbons (Fsp3) is 0.333. The highest BCUT2D eigenvalue weighted by Crippen LogP contribution is 2.36. The van der Waals surface area contributed by atoms with Crippen LogP contribution in [0.25, 0.3) is 10.9 Å². The third-order valence-corrected chi connectivity index (χ3v) is 6.13. The third-order valence-electron chi connectivity index (χ3n) is 4.57. The molecule has 1 aromatic carbocycles. The largest absolute Gasteiger partial charge is 0.391 e. The number of H-pyrrole nitrogens is 1. The predicted octanol–water partition coefficient (Wildman–Crippen LogP) is 4.65. The lowest BCUT2D eigenvalue weighted by molar-refractivity contribution is 0.285. The summed E-state index contributed by atoms with van der Waals surface area (Å²) in [6.45, 7) is 0.989. The van der Waals surface area contributed by atoms with Crippen LogP contribution < -0.4 is 5.32 Å². The zero-order valence-electron chi connectivity index (χ0n) is 12.7. The zero-order valence-corrected chi connectivity index (χ0v) is 15.1. The van der Waals surface area contributed by atoms with Crippen molar-refractivity contribution >= 4 is 38.2 Å². The van der Waals surface area contributed by atoms with E-state index in [9.17, 15) is 5.11 Å². The van der Waals surface area contributed by atoms with E-state index < -0.39 is 0 Å². The van der Waals surface area contributed by atoms with Crippen molar-refractivity contribution in [3.8, 4) is 0 Å². The molecule has 5 heteroatoms. The normalized spacial score (nSPS) is 17.6. The summed E-state index contributed by atoms with van der Waals surface area (Å²) in [4.78, 5) is 5.93. The molecular formula is C18H19BrN2OS. The molecule has 120 valence electrons. The van der Waals surface area contributed by atoms with Crippen LogP contribution in [0.15, 0.2) is 34.8 Å². The molecule has 2 aromatic heterocycles. The van der Waals surface area contributed by atoms with E-state index in [1.807, 2.05) is 6.07 Å².